The highest BCUT2D eigenvalue weighted by atomic mass is 35.5. The predicted octanol–water partition coefficient (Wildman–Crippen LogP) is 7.47. The Kier molecular flexibility index (Phi) is 4.86. The van der Waals surface area contributed by atoms with Crippen molar-refractivity contribution in [1.82, 2.24) is 0 Å². The SMILES string of the molecule is CC1CC[C@@H]2C[C@H](c3ccc(-c4ccc(Cl)cc4)c(F)c3)CC[C@@H]2C1. The highest BCUT2D eigenvalue weighted by Crippen LogP contribution is 2.47. The van der Waals surface area contributed by atoms with Crippen LogP contribution in [0.5, 0.6) is 0 Å². The second-order valence-corrected chi connectivity index (χ2v) is 8.63. The Morgan fingerprint density at radius 2 is 1.60 bits per heavy atom. The minimum absolute atomic E-state index is 0.112. The van der Waals surface area contributed by atoms with Crippen molar-refractivity contribution in [2.45, 2.75) is 51.4 Å². The molecule has 132 valence electrons. The first kappa shape index (κ1) is 17.1. The van der Waals surface area contributed by atoms with Crippen LogP contribution >= 0.6 is 11.6 Å². The molecule has 0 nitrogen and oxygen atoms in total. The van der Waals surface area contributed by atoms with Crippen LogP contribution in [0.15, 0.2) is 42.5 Å². The van der Waals surface area contributed by atoms with Gasteiger partial charge >= 0.3 is 0 Å². The van der Waals surface area contributed by atoms with Gasteiger partial charge in [0.2, 0.25) is 0 Å². The number of rotatable bonds is 2. The molecule has 0 N–H and O–H groups in total. The van der Waals surface area contributed by atoms with Crippen LogP contribution < -0.4 is 0 Å². The van der Waals surface area contributed by atoms with Crippen LogP contribution in [0.25, 0.3) is 11.1 Å². The highest BCUT2D eigenvalue weighted by Gasteiger charge is 2.34. The van der Waals surface area contributed by atoms with Gasteiger partial charge in [-0.2, -0.15) is 0 Å². The number of hydrogen-bond acceptors (Lipinski definition) is 0. The number of halogens is 2. The summed E-state index contributed by atoms with van der Waals surface area (Å²) in [5, 5.41) is 0.680. The monoisotopic (exact) mass is 356 g/mol. The largest absolute Gasteiger partial charge is 0.206 e. The summed E-state index contributed by atoms with van der Waals surface area (Å²) in [5.41, 5.74) is 2.74. The van der Waals surface area contributed by atoms with Crippen LogP contribution in [0, 0.1) is 23.6 Å². The van der Waals surface area contributed by atoms with Gasteiger partial charge in [-0.3, -0.25) is 0 Å². The molecule has 2 aliphatic carbocycles. The van der Waals surface area contributed by atoms with Gasteiger partial charge < -0.3 is 0 Å². The Labute approximate surface area is 155 Å². The molecule has 0 heterocycles. The second-order valence-electron chi connectivity index (χ2n) is 8.19. The quantitative estimate of drug-likeness (QED) is 0.523. The van der Waals surface area contributed by atoms with Crippen molar-refractivity contribution in [3.63, 3.8) is 0 Å². The van der Waals surface area contributed by atoms with Crippen LogP contribution in [-0.4, -0.2) is 0 Å². The standard InChI is InChI=1S/C23H26ClF/c1-15-2-3-18-13-19(5-4-17(18)12-15)20-8-11-22(23(25)14-20)16-6-9-21(24)10-7-16/h6-11,14-15,17-19H,2-5,12-13H2,1H3/t15?,17-,18-,19-/m1/s1. The average molecular weight is 357 g/mol. The van der Waals surface area contributed by atoms with E-state index in [1.165, 1.54) is 44.1 Å². The van der Waals surface area contributed by atoms with Crippen molar-refractivity contribution in [3.8, 4) is 11.1 Å². The topological polar surface area (TPSA) is 0 Å². The van der Waals surface area contributed by atoms with Gasteiger partial charge in [0.15, 0.2) is 0 Å². The van der Waals surface area contributed by atoms with Gasteiger partial charge in [0.05, 0.1) is 0 Å². The lowest BCUT2D eigenvalue weighted by Crippen LogP contribution is -2.29. The third-order valence-electron chi connectivity index (χ3n) is 6.50. The van der Waals surface area contributed by atoms with E-state index in [2.05, 4.69) is 13.0 Å². The zero-order valence-electron chi connectivity index (χ0n) is 14.8. The van der Waals surface area contributed by atoms with E-state index in [1.54, 1.807) is 6.07 Å². The fourth-order valence-corrected chi connectivity index (χ4v) is 5.20. The highest BCUT2D eigenvalue weighted by molar-refractivity contribution is 6.30. The molecule has 25 heavy (non-hydrogen) atoms. The molecule has 0 aromatic heterocycles. The lowest BCUT2D eigenvalue weighted by Gasteiger charge is -2.41. The summed E-state index contributed by atoms with van der Waals surface area (Å²) in [6.45, 7) is 2.40. The zero-order chi connectivity index (χ0) is 17.4. The maximum absolute atomic E-state index is 14.7. The zero-order valence-corrected chi connectivity index (χ0v) is 15.6. The molecule has 4 rings (SSSR count). The molecule has 2 heteroatoms. The molecule has 2 aromatic carbocycles. The maximum Gasteiger partial charge on any atom is 0.131 e. The van der Waals surface area contributed by atoms with E-state index >= 15 is 0 Å². The molecule has 0 aliphatic heterocycles. The van der Waals surface area contributed by atoms with E-state index in [0.717, 1.165) is 23.3 Å². The molecule has 0 bridgehead atoms. The first-order valence-corrected chi connectivity index (χ1v) is 10.0. The summed E-state index contributed by atoms with van der Waals surface area (Å²) in [7, 11) is 0. The van der Waals surface area contributed by atoms with Gasteiger partial charge in [0.1, 0.15) is 5.82 Å². The first-order valence-electron chi connectivity index (χ1n) is 9.65. The summed E-state index contributed by atoms with van der Waals surface area (Å²) in [6.07, 6.45) is 7.93. The Bertz CT molecular complexity index is 736. The Balaban J connectivity index is 1.52. The van der Waals surface area contributed by atoms with E-state index in [4.69, 9.17) is 11.6 Å². The van der Waals surface area contributed by atoms with Crippen LogP contribution in [0.4, 0.5) is 4.39 Å². The van der Waals surface area contributed by atoms with Gasteiger partial charge in [-0.25, -0.2) is 4.39 Å². The van der Waals surface area contributed by atoms with Crippen molar-refractivity contribution in [2.24, 2.45) is 17.8 Å². The minimum atomic E-state index is -0.112. The summed E-state index contributed by atoms with van der Waals surface area (Å²) in [6, 6.07) is 13.3. The van der Waals surface area contributed by atoms with Crippen molar-refractivity contribution >= 4 is 11.6 Å². The van der Waals surface area contributed by atoms with Crippen LogP contribution in [0.3, 0.4) is 0 Å². The molecule has 0 radical (unpaired) electrons. The van der Waals surface area contributed by atoms with Crippen LogP contribution in [-0.2, 0) is 0 Å². The molecule has 2 aromatic rings. The van der Waals surface area contributed by atoms with Gasteiger partial charge in [-0.15, -0.1) is 0 Å². The molecule has 0 spiro atoms. The average Bonchev–Trinajstić information content (AvgIpc) is 2.62. The third kappa shape index (κ3) is 3.62. The summed E-state index contributed by atoms with van der Waals surface area (Å²) < 4.78 is 14.7. The molecule has 2 fully saturated rings. The van der Waals surface area contributed by atoms with E-state index in [1.807, 2.05) is 30.3 Å². The van der Waals surface area contributed by atoms with Gasteiger partial charge in [-0.05, 0) is 85.1 Å². The van der Waals surface area contributed by atoms with Crippen LogP contribution in [0.1, 0.15) is 56.9 Å². The summed E-state index contributed by atoms with van der Waals surface area (Å²) in [4.78, 5) is 0. The van der Waals surface area contributed by atoms with E-state index < -0.39 is 0 Å². The van der Waals surface area contributed by atoms with Gasteiger partial charge in [0.25, 0.3) is 0 Å². The lowest BCUT2D eigenvalue weighted by molar-refractivity contribution is 0.124. The lowest BCUT2D eigenvalue weighted by atomic mass is 9.64. The van der Waals surface area contributed by atoms with Crippen molar-refractivity contribution < 1.29 is 4.39 Å². The molecule has 2 saturated carbocycles. The van der Waals surface area contributed by atoms with Crippen molar-refractivity contribution in [2.75, 3.05) is 0 Å². The molecule has 0 amide bonds. The Morgan fingerprint density at radius 3 is 2.36 bits per heavy atom. The molecule has 2 aliphatic rings. The minimum Gasteiger partial charge on any atom is -0.206 e. The molecule has 0 saturated heterocycles. The fourth-order valence-electron chi connectivity index (χ4n) is 5.08. The fraction of sp³-hybridized carbons (Fsp3) is 0.478. The Morgan fingerprint density at radius 1 is 0.880 bits per heavy atom. The second kappa shape index (κ2) is 7.11. The number of fused-ring (bicyclic) bond motifs is 1. The van der Waals surface area contributed by atoms with E-state index in [0.29, 0.717) is 16.5 Å². The Hall–Kier alpha value is -1.34. The van der Waals surface area contributed by atoms with E-state index in [-0.39, 0.29) is 5.82 Å². The van der Waals surface area contributed by atoms with E-state index in [9.17, 15) is 4.39 Å². The van der Waals surface area contributed by atoms with Crippen molar-refractivity contribution in [1.29, 1.82) is 0 Å². The maximum atomic E-state index is 14.7. The van der Waals surface area contributed by atoms with Gasteiger partial charge in [-0.1, -0.05) is 49.2 Å². The number of hydrogen-bond donors (Lipinski definition) is 0. The van der Waals surface area contributed by atoms with Gasteiger partial charge in [0, 0.05) is 10.6 Å². The smallest absolute Gasteiger partial charge is 0.131 e. The molecular weight excluding hydrogens is 331 g/mol. The summed E-state index contributed by atoms with van der Waals surface area (Å²) >= 11 is 5.94. The summed E-state index contributed by atoms with van der Waals surface area (Å²) in [5.74, 6) is 3.09. The number of benzene rings is 2. The normalized spacial score (nSPS) is 29.2. The molecule has 1 unspecified atom stereocenters. The van der Waals surface area contributed by atoms with Crippen molar-refractivity contribution in [3.05, 3.63) is 58.9 Å². The van der Waals surface area contributed by atoms with Crippen LogP contribution in [0.2, 0.25) is 5.02 Å². The predicted molar refractivity (Wildman–Crippen MR) is 103 cm³/mol. The molecule has 4 atom stereocenters. The molecular formula is C23H26ClF. The third-order valence-corrected chi connectivity index (χ3v) is 6.75. The first-order chi connectivity index (χ1) is 12.1.